The summed E-state index contributed by atoms with van der Waals surface area (Å²) in [6.07, 6.45) is 4.22. The fraction of sp³-hybridized carbons (Fsp3) is 0.200. The second-order valence-electron chi connectivity index (χ2n) is 6.44. The predicted molar refractivity (Wildman–Crippen MR) is 89.9 cm³/mol. The molecule has 0 bridgehead atoms. The van der Waals surface area contributed by atoms with Gasteiger partial charge in [0.25, 0.3) is 0 Å². The van der Waals surface area contributed by atoms with E-state index in [9.17, 15) is 0 Å². The van der Waals surface area contributed by atoms with Crippen LogP contribution in [0, 0.1) is 0 Å². The molecule has 106 valence electrons. The fourth-order valence-electron chi connectivity index (χ4n) is 2.68. The monoisotopic (exact) mass is 275 g/mol. The van der Waals surface area contributed by atoms with E-state index in [1.165, 1.54) is 22.4 Å². The van der Waals surface area contributed by atoms with Gasteiger partial charge in [0.1, 0.15) is 0 Å². The van der Waals surface area contributed by atoms with Crippen LogP contribution in [-0.4, -0.2) is 4.57 Å². The summed E-state index contributed by atoms with van der Waals surface area (Å²) in [5.74, 6) is 0. The topological polar surface area (TPSA) is 4.93 Å². The lowest BCUT2D eigenvalue weighted by molar-refractivity contribution is 0.586. The van der Waals surface area contributed by atoms with Gasteiger partial charge in [-0.05, 0) is 40.3 Å². The number of hydrogen-bond acceptors (Lipinski definition) is 0. The second kappa shape index (κ2) is 5.25. The summed E-state index contributed by atoms with van der Waals surface area (Å²) in [7, 11) is 0. The average Bonchev–Trinajstić information content (AvgIpc) is 3.01. The van der Waals surface area contributed by atoms with Crippen LogP contribution < -0.4 is 0 Å². The van der Waals surface area contributed by atoms with Crippen LogP contribution in [0.1, 0.15) is 26.3 Å². The molecule has 1 nitrogen and oxygen atoms in total. The fourth-order valence-corrected chi connectivity index (χ4v) is 2.68. The molecule has 0 amide bonds. The van der Waals surface area contributed by atoms with E-state index in [0.717, 1.165) is 0 Å². The highest BCUT2D eigenvalue weighted by Crippen LogP contribution is 2.32. The molecular formula is C20H21N. The third kappa shape index (κ3) is 2.78. The molecule has 0 radical (unpaired) electrons. The van der Waals surface area contributed by atoms with E-state index in [4.69, 9.17) is 0 Å². The Morgan fingerprint density at radius 3 is 2.00 bits per heavy atom. The maximum Gasteiger partial charge on any atom is 0.0492 e. The predicted octanol–water partition coefficient (Wildman–Crippen LogP) is 5.44. The van der Waals surface area contributed by atoms with Crippen molar-refractivity contribution in [3.8, 4) is 16.8 Å². The second-order valence-corrected chi connectivity index (χ2v) is 6.44. The van der Waals surface area contributed by atoms with Crippen molar-refractivity contribution in [2.75, 3.05) is 0 Å². The molecule has 0 spiro atoms. The summed E-state index contributed by atoms with van der Waals surface area (Å²) >= 11 is 0. The normalized spacial score (nSPS) is 11.6. The Morgan fingerprint density at radius 1 is 0.714 bits per heavy atom. The van der Waals surface area contributed by atoms with Crippen molar-refractivity contribution in [3.05, 3.63) is 78.6 Å². The van der Waals surface area contributed by atoms with Crippen LogP contribution in [0.15, 0.2) is 73.1 Å². The molecule has 0 saturated carbocycles. The Hall–Kier alpha value is -2.28. The van der Waals surface area contributed by atoms with Gasteiger partial charge in [-0.2, -0.15) is 0 Å². The highest BCUT2D eigenvalue weighted by molar-refractivity contribution is 5.68. The number of rotatable bonds is 2. The molecule has 1 heteroatoms. The number of hydrogen-bond donors (Lipinski definition) is 0. The Labute approximate surface area is 126 Å². The van der Waals surface area contributed by atoms with Crippen molar-refractivity contribution in [2.24, 2.45) is 0 Å². The molecule has 1 aromatic heterocycles. The summed E-state index contributed by atoms with van der Waals surface area (Å²) in [6, 6.07) is 21.5. The minimum atomic E-state index is 0.120. The van der Waals surface area contributed by atoms with Crippen LogP contribution in [0.3, 0.4) is 0 Å². The van der Waals surface area contributed by atoms with Crippen LogP contribution in [0.4, 0.5) is 0 Å². The van der Waals surface area contributed by atoms with E-state index in [1.807, 2.05) is 0 Å². The highest BCUT2D eigenvalue weighted by atomic mass is 14.9. The molecule has 0 atom stereocenters. The lowest BCUT2D eigenvalue weighted by Crippen LogP contribution is -2.14. The van der Waals surface area contributed by atoms with Crippen molar-refractivity contribution in [3.63, 3.8) is 0 Å². The summed E-state index contributed by atoms with van der Waals surface area (Å²) in [6.45, 7) is 6.78. The third-order valence-electron chi connectivity index (χ3n) is 3.80. The van der Waals surface area contributed by atoms with Gasteiger partial charge < -0.3 is 4.57 Å². The molecule has 0 aliphatic rings. The Balaban J connectivity index is 2.18. The lowest BCUT2D eigenvalue weighted by Gasteiger charge is -2.24. The van der Waals surface area contributed by atoms with Gasteiger partial charge in [0.2, 0.25) is 0 Å². The van der Waals surface area contributed by atoms with Crippen molar-refractivity contribution < 1.29 is 0 Å². The Bertz CT molecular complexity index is 716. The van der Waals surface area contributed by atoms with Crippen molar-refractivity contribution >= 4 is 0 Å². The molecule has 3 aromatic rings. The molecule has 21 heavy (non-hydrogen) atoms. The molecule has 1 heterocycles. The van der Waals surface area contributed by atoms with E-state index < -0.39 is 0 Å². The van der Waals surface area contributed by atoms with Crippen LogP contribution in [0.25, 0.3) is 16.8 Å². The van der Waals surface area contributed by atoms with Gasteiger partial charge in [-0.25, -0.2) is 0 Å². The minimum Gasteiger partial charge on any atom is -0.324 e. The summed E-state index contributed by atoms with van der Waals surface area (Å²) in [4.78, 5) is 0. The standard InChI is InChI=1S/C20H21N/c1-20(2,3)18-12-11-17(16-9-5-4-6-10-16)15-19(18)21-13-7-8-14-21/h4-15H,1-3H3. The van der Waals surface area contributed by atoms with Gasteiger partial charge >= 0.3 is 0 Å². The van der Waals surface area contributed by atoms with Gasteiger partial charge in [-0.3, -0.25) is 0 Å². The first-order chi connectivity index (χ1) is 10.1. The van der Waals surface area contributed by atoms with Gasteiger partial charge in [-0.1, -0.05) is 63.2 Å². The van der Waals surface area contributed by atoms with Crippen molar-refractivity contribution in [2.45, 2.75) is 26.2 Å². The average molecular weight is 275 g/mol. The van der Waals surface area contributed by atoms with Crippen LogP contribution in [-0.2, 0) is 5.41 Å². The summed E-state index contributed by atoms with van der Waals surface area (Å²) in [5.41, 5.74) is 5.25. The molecule has 0 N–H and O–H groups in total. The zero-order valence-corrected chi connectivity index (χ0v) is 12.9. The smallest absolute Gasteiger partial charge is 0.0492 e. The van der Waals surface area contributed by atoms with Crippen LogP contribution >= 0.6 is 0 Å². The Morgan fingerprint density at radius 2 is 1.38 bits per heavy atom. The maximum atomic E-state index is 2.29. The first-order valence-corrected chi connectivity index (χ1v) is 7.39. The summed E-state index contributed by atoms with van der Waals surface area (Å²) in [5, 5.41) is 0. The van der Waals surface area contributed by atoms with E-state index >= 15 is 0 Å². The summed E-state index contributed by atoms with van der Waals surface area (Å²) < 4.78 is 2.20. The largest absolute Gasteiger partial charge is 0.324 e. The minimum absolute atomic E-state index is 0.120. The zero-order valence-electron chi connectivity index (χ0n) is 12.9. The number of aromatic nitrogens is 1. The zero-order chi connectivity index (χ0) is 14.9. The van der Waals surface area contributed by atoms with E-state index in [0.29, 0.717) is 0 Å². The quantitative estimate of drug-likeness (QED) is 0.586. The van der Waals surface area contributed by atoms with Crippen molar-refractivity contribution in [1.82, 2.24) is 4.57 Å². The Kier molecular flexibility index (Phi) is 3.42. The highest BCUT2D eigenvalue weighted by Gasteiger charge is 2.19. The number of nitrogens with zero attached hydrogens (tertiary/aromatic N) is 1. The van der Waals surface area contributed by atoms with Crippen LogP contribution in [0.5, 0.6) is 0 Å². The molecule has 0 saturated heterocycles. The number of benzene rings is 2. The SMILES string of the molecule is CC(C)(C)c1ccc(-c2ccccc2)cc1-n1cccc1. The van der Waals surface area contributed by atoms with Gasteiger partial charge in [0.05, 0.1) is 0 Å². The molecule has 0 fully saturated rings. The van der Waals surface area contributed by atoms with Crippen molar-refractivity contribution in [1.29, 1.82) is 0 Å². The lowest BCUT2D eigenvalue weighted by atomic mass is 9.84. The van der Waals surface area contributed by atoms with E-state index in [1.54, 1.807) is 0 Å². The first-order valence-electron chi connectivity index (χ1n) is 7.39. The molecule has 0 unspecified atom stereocenters. The van der Waals surface area contributed by atoms with Crippen LogP contribution in [0.2, 0.25) is 0 Å². The van der Waals surface area contributed by atoms with Gasteiger partial charge in [0.15, 0.2) is 0 Å². The maximum absolute atomic E-state index is 2.29. The molecule has 3 rings (SSSR count). The van der Waals surface area contributed by atoms with E-state index in [-0.39, 0.29) is 5.41 Å². The molecule has 0 aliphatic heterocycles. The first kappa shape index (κ1) is 13.7. The molecular weight excluding hydrogens is 254 g/mol. The van der Waals surface area contributed by atoms with Gasteiger partial charge in [0, 0.05) is 18.1 Å². The third-order valence-corrected chi connectivity index (χ3v) is 3.80. The molecule has 0 aliphatic carbocycles. The van der Waals surface area contributed by atoms with E-state index in [2.05, 4.69) is 98.4 Å². The van der Waals surface area contributed by atoms with Gasteiger partial charge in [-0.15, -0.1) is 0 Å². The molecule has 2 aromatic carbocycles.